The number of likely N-dealkylation sites (tertiary alicyclic amines) is 1. The third-order valence-corrected chi connectivity index (χ3v) is 5.06. The Morgan fingerprint density at radius 1 is 1.23 bits per heavy atom. The van der Waals surface area contributed by atoms with E-state index in [0.717, 1.165) is 6.54 Å². The van der Waals surface area contributed by atoms with Crippen LogP contribution in [0.1, 0.15) is 48.9 Å². The summed E-state index contributed by atoms with van der Waals surface area (Å²) in [7, 11) is 0. The zero-order valence-electron chi connectivity index (χ0n) is 13.2. The number of carboxylic acid groups (broad SMARTS) is 1. The van der Waals surface area contributed by atoms with Gasteiger partial charge >= 0.3 is 5.97 Å². The number of allylic oxidation sites excluding steroid dienone is 1. The molecule has 2 heterocycles. The molecule has 0 unspecified atom stereocenters. The highest BCUT2D eigenvalue weighted by molar-refractivity contribution is 5.87. The van der Waals surface area contributed by atoms with Crippen molar-refractivity contribution in [2.45, 2.75) is 51.1 Å². The molecular weight excluding hydrogens is 276 g/mol. The highest BCUT2D eigenvalue weighted by Crippen LogP contribution is 2.24. The van der Waals surface area contributed by atoms with Gasteiger partial charge in [0.1, 0.15) is 0 Å². The molecule has 1 N–H and O–H groups in total. The van der Waals surface area contributed by atoms with Gasteiger partial charge in [0.2, 0.25) is 0 Å². The first-order valence-electron chi connectivity index (χ1n) is 8.52. The average Bonchev–Trinajstić information content (AvgIpc) is 2.82. The summed E-state index contributed by atoms with van der Waals surface area (Å²) in [4.78, 5) is 13.6. The Morgan fingerprint density at radius 2 is 2.05 bits per heavy atom. The summed E-state index contributed by atoms with van der Waals surface area (Å²) >= 11 is 0. The van der Waals surface area contributed by atoms with Crippen LogP contribution in [0.2, 0.25) is 0 Å². The monoisotopic (exact) mass is 302 g/mol. The van der Waals surface area contributed by atoms with Gasteiger partial charge in [0.25, 0.3) is 0 Å². The molecule has 120 valence electrons. The molecule has 0 aromatic carbocycles. The molecule has 0 amide bonds. The first-order valence-corrected chi connectivity index (χ1v) is 8.52. The molecule has 2 aliphatic rings. The Morgan fingerprint density at radius 3 is 2.77 bits per heavy atom. The summed E-state index contributed by atoms with van der Waals surface area (Å²) in [5, 5.41) is 8.98. The molecule has 1 aliphatic heterocycles. The molecule has 1 saturated heterocycles. The van der Waals surface area contributed by atoms with Crippen molar-refractivity contribution in [3.8, 4) is 0 Å². The van der Waals surface area contributed by atoms with Gasteiger partial charge in [0.15, 0.2) is 0 Å². The molecular formula is C18H26N2O2. The molecule has 0 bridgehead atoms. The van der Waals surface area contributed by atoms with Crippen molar-refractivity contribution >= 4 is 5.97 Å². The highest BCUT2D eigenvalue weighted by Gasteiger charge is 2.24. The number of hydrogen-bond donors (Lipinski definition) is 1. The van der Waals surface area contributed by atoms with E-state index in [9.17, 15) is 4.79 Å². The molecule has 1 aromatic heterocycles. The van der Waals surface area contributed by atoms with E-state index in [1.807, 2.05) is 10.8 Å². The number of nitrogens with zero attached hydrogens (tertiary/aromatic N) is 2. The number of piperidine rings is 1. The van der Waals surface area contributed by atoms with Crippen LogP contribution in [0.5, 0.6) is 0 Å². The van der Waals surface area contributed by atoms with Crippen molar-refractivity contribution in [3.63, 3.8) is 0 Å². The molecule has 1 fully saturated rings. The number of aromatic carboxylic acids is 1. The quantitative estimate of drug-likeness (QED) is 0.867. The second-order valence-electron chi connectivity index (χ2n) is 6.66. The topological polar surface area (TPSA) is 45.5 Å². The van der Waals surface area contributed by atoms with E-state index in [1.54, 1.807) is 12.3 Å². The number of aromatic nitrogens is 1. The predicted molar refractivity (Wildman–Crippen MR) is 87.1 cm³/mol. The van der Waals surface area contributed by atoms with Gasteiger partial charge in [-0.3, -0.25) is 4.90 Å². The molecule has 3 rings (SSSR count). The molecule has 0 radical (unpaired) electrons. The van der Waals surface area contributed by atoms with Crippen LogP contribution in [0, 0.1) is 5.92 Å². The number of carboxylic acids is 1. The maximum atomic E-state index is 10.9. The summed E-state index contributed by atoms with van der Waals surface area (Å²) in [5.41, 5.74) is 0.390. The van der Waals surface area contributed by atoms with E-state index in [4.69, 9.17) is 5.11 Å². The zero-order chi connectivity index (χ0) is 15.4. The van der Waals surface area contributed by atoms with E-state index in [0.29, 0.717) is 17.5 Å². The van der Waals surface area contributed by atoms with Gasteiger partial charge in [0, 0.05) is 25.0 Å². The summed E-state index contributed by atoms with van der Waals surface area (Å²) in [5.74, 6) is -0.172. The number of hydrogen-bond acceptors (Lipinski definition) is 2. The predicted octanol–water partition coefficient (Wildman–Crippen LogP) is 3.40. The minimum absolute atomic E-state index is 0.390. The second kappa shape index (κ2) is 7.14. The van der Waals surface area contributed by atoms with Gasteiger partial charge in [-0.05, 0) is 57.2 Å². The van der Waals surface area contributed by atoms with Crippen molar-refractivity contribution < 1.29 is 9.90 Å². The number of carbonyl (C=O) groups is 1. The first-order chi connectivity index (χ1) is 10.7. The van der Waals surface area contributed by atoms with E-state index < -0.39 is 5.97 Å². The van der Waals surface area contributed by atoms with Crippen LogP contribution in [0.4, 0.5) is 0 Å². The molecule has 1 atom stereocenters. The van der Waals surface area contributed by atoms with Crippen molar-refractivity contribution in [3.05, 3.63) is 36.2 Å². The van der Waals surface area contributed by atoms with Crippen LogP contribution in [0.15, 0.2) is 30.6 Å². The van der Waals surface area contributed by atoms with Gasteiger partial charge in [-0.2, -0.15) is 0 Å². The lowest BCUT2D eigenvalue weighted by molar-refractivity contribution is 0.0696. The molecule has 0 spiro atoms. The van der Waals surface area contributed by atoms with Crippen molar-refractivity contribution in [1.82, 2.24) is 9.47 Å². The van der Waals surface area contributed by atoms with Gasteiger partial charge in [0.05, 0.1) is 5.56 Å². The van der Waals surface area contributed by atoms with Crippen LogP contribution in [0.25, 0.3) is 0 Å². The van der Waals surface area contributed by atoms with Crippen molar-refractivity contribution in [2.24, 2.45) is 5.92 Å². The van der Waals surface area contributed by atoms with Crippen LogP contribution < -0.4 is 0 Å². The standard InChI is InChI=1S/C18H26N2O2/c21-18(22)16-9-10-19(14-16)13-15-7-11-20(12-8-15)17-5-3-1-2-4-6-17/h3,5,9-10,14-15,17H,1-2,4,6-8,11-13H2,(H,21,22)/t17-/m0/s1. The molecule has 4 nitrogen and oxygen atoms in total. The van der Waals surface area contributed by atoms with Crippen LogP contribution >= 0.6 is 0 Å². The van der Waals surface area contributed by atoms with E-state index in [-0.39, 0.29) is 0 Å². The van der Waals surface area contributed by atoms with Crippen LogP contribution in [0.3, 0.4) is 0 Å². The van der Waals surface area contributed by atoms with Crippen molar-refractivity contribution in [1.29, 1.82) is 0 Å². The third kappa shape index (κ3) is 3.80. The zero-order valence-corrected chi connectivity index (χ0v) is 13.2. The molecule has 1 aromatic rings. The van der Waals surface area contributed by atoms with Crippen LogP contribution in [-0.4, -0.2) is 39.7 Å². The minimum atomic E-state index is -0.839. The Hall–Kier alpha value is -1.55. The average molecular weight is 302 g/mol. The van der Waals surface area contributed by atoms with E-state index in [1.165, 1.54) is 51.6 Å². The van der Waals surface area contributed by atoms with Gasteiger partial charge in [-0.15, -0.1) is 0 Å². The molecule has 22 heavy (non-hydrogen) atoms. The lowest BCUT2D eigenvalue weighted by Crippen LogP contribution is -2.41. The fourth-order valence-corrected chi connectivity index (χ4v) is 3.72. The van der Waals surface area contributed by atoms with Gasteiger partial charge < -0.3 is 9.67 Å². The summed E-state index contributed by atoms with van der Waals surface area (Å²) in [6.45, 7) is 3.29. The minimum Gasteiger partial charge on any atom is -0.478 e. The van der Waals surface area contributed by atoms with Gasteiger partial charge in [-0.25, -0.2) is 4.79 Å². The SMILES string of the molecule is O=C(O)c1ccn(CC2CCN([C@H]3C=CCCCC3)CC2)c1. The maximum Gasteiger partial charge on any atom is 0.337 e. The van der Waals surface area contributed by atoms with Gasteiger partial charge in [-0.1, -0.05) is 18.6 Å². The largest absolute Gasteiger partial charge is 0.478 e. The normalized spacial score (nSPS) is 24.3. The fraction of sp³-hybridized carbons (Fsp3) is 0.611. The Labute approximate surface area is 132 Å². The Kier molecular flexibility index (Phi) is 4.98. The van der Waals surface area contributed by atoms with Crippen LogP contribution in [-0.2, 0) is 6.54 Å². The second-order valence-corrected chi connectivity index (χ2v) is 6.66. The maximum absolute atomic E-state index is 10.9. The summed E-state index contributed by atoms with van der Waals surface area (Å²) < 4.78 is 2.04. The molecule has 4 heteroatoms. The fourth-order valence-electron chi connectivity index (χ4n) is 3.72. The highest BCUT2D eigenvalue weighted by atomic mass is 16.4. The van der Waals surface area contributed by atoms with E-state index in [2.05, 4.69) is 17.1 Å². The molecule has 1 aliphatic carbocycles. The smallest absolute Gasteiger partial charge is 0.337 e. The summed E-state index contributed by atoms with van der Waals surface area (Å²) in [6, 6.07) is 2.34. The lowest BCUT2D eigenvalue weighted by Gasteiger charge is -2.36. The third-order valence-electron chi connectivity index (χ3n) is 5.06. The van der Waals surface area contributed by atoms with E-state index >= 15 is 0 Å². The van der Waals surface area contributed by atoms with Crippen molar-refractivity contribution in [2.75, 3.05) is 13.1 Å². The lowest BCUT2D eigenvalue weighted by atomic mass is 9.95. The Balaban J connectivity index is 1.49. The summed E-state index contributed by atoms with van der Waals surface area (Å²) in [6.07, 6.45) is 16.1. The first kappa shape index (κ1) is 15.3. The molecule has 0 saturated carbocycles. The Bertz CT molecular complexity index is 527. The number of rotatable bonds is 4.